The topological polar surface area (TPSA) is 34.1 Å². The maximum Gasteiger partial charge on any atom is 0.219 e. The Morgan fingerprint density at radius 3 is 3.08 bits per heavy atom. The van der Waals surface area contributed by atoms with Gasteiger partial charge in [0.1, 0.15) is 11.6 Å². The molecule has 0 amide bonds. The van der Waals surface area contributed by atoms with Crippen LogP contribution in [-0.4, -0.2) is 18.1 Å². The van der Waals surface area contributed by atoms with Gasteiger partial charge in [0.05, 0.1) is 6.54 Å². The molecule has 2 heterocycles. The van der Waals surface area contributed by atoms with Gasteiger partial charge in [0.15, 0.2) is 5.82 Å². The van der Waals surface area contributed by atoms with Gasteiger partial charge >= 0.3 is 0 Å². The molecule has 0 atom stereocenters. The number of nitrogens with one attached hydrogen (secondary N) is 1. The van der Waals surface area contributed by atoms with Gasteiger partial charge in [-0.1, -0.05) is 25.2 Å². The van der Waals surface area contributed by atoms with Crippen LogP contribution in [0.25, 0.3) is 0 Å². The summed E-state index contributed by atoms with van der Waals surface area (Å²) < 4.78 is 5.45. The lowest BCUT2D eigenvalue weighted by Crippen LogP contribution is -2.16. The molecule has 0 aliphatic carbocycles. The van der Waals surface area contributed by atoms with Crippen LogP contribution in [0.2, 0.25) is 0 Å². The van der Waals surface area contributed by atoms with Gasteiger partial charge in [0, 0.05) is 5.92 Å². The minimum Gasteiger partial charge on any atom is -0.479 e. The zero-order chi connectivity index (χ0) is 8.55. The van der Waals surface area contributed by atoms with Crippen LogP contribution in [0, 0.1) is 0 Å². The van der Waals surface area contributed by atoms with E-state index in [2.05, 4.69) is 24.1 Å². The van der Waals surface area contributed by atoms with E-state index in [1.54, 1.807) is 11.3 Å². The minimum absolute atomic E-state index is 0.492. The van der Waals surface area contributed by atoms with Crippen LogP contribution in [0.3, 0.4) is 0 Å². The molecule has 0 saturated heterocycles. The highest BCUT2D eigenvalue weighted by atomic mass is 32.1. The Balaban J connectivity index is 2.32. The van der Waals surface area contributed by atoms with Crippen LogP contribution < -0.4 is 10.1 Å². The Hall–Kier alpha value is -0.770. The Labute approximate surface area is 75.8 Å². The average Bonchev–Trinajstić information content (AvgIpc) is 2.46. The molecule has 1 aromatic rings. The molecule has 1 N–H and O–H groups in total. The van der Waals surface area contributed by atoms with Crippen molar-refractivity contribution in [3.8, 4) is 5.06 Å². The number of ether oxygens (including phenoxy) is 1. The number of hydrogen-bond acceptors (Lipinski definition) is 4. The number of fused-ring (bicyclic) bond motifs is 1. The van der Waals surface area contributed by atoms with Crippen molar-refractivity contribution in [3.63, 3.8) is 0 Å². The van der Waals surface area contributed by atoms with E-state index in [0.717, 1.165) is 29.0 Å². The number of rotatable bonds is 1. The van der Waals surface area contributed by atoms with Crippen molar-refractivity contribution in [1.82, 2.24) is 4.98 Å². The van der Waals surface area contributed by atoms with E-state index in [-0.39, 0.29) is 0 Å². The van der Waals surface area contributed by atoms with Gasteiger partial charge in [-0.15, -0.1) is 0 Å². The van der Waals surface area contributed by atoms with Gasteiger partial charge in [0.2, 0.25) is 5.06 Å². The van der Waals surface area contributed by atoms with Gasteiger partial charge in [-0.25, -0.2) is 4.98 Å². The number of hydrogen-bond donors (Lipinski definition) is 1. The molecule has 66 valence electrons. The lowest BCUT2D eigenvalue weighted by atomic mass is 10.2. The molecule has 1 aliphatic rings. The summed E-state index contributed by atoms with van der Waals surface area (Å²) in [6, 6.07) is 0. The number of aromatic nitrogens is 1. The van der Waals surface area contributed by atoms with Crippen molar-refractivity contribution in [2.75, 3.05) is 18.5 Å². The fourth-order valence-corrected chi connectivity index (χ4v) is 2.01. The van der Waals surface area contributed by atoms with E-state index in [4.69, 9.17) is 4.74 Å². The molecule has 0 saturated carbocycles. The fraction of sp³-hybridized carbons (Fsp3) is 0.625. The standard InChI is InChI=1S/C8H12N2OS/c1-5(2)7-10-6-8(12-7)11-4-3-9-6/h5,9H,3-4H2,1-2H3. The molecule has 0 fully saturated rings. The second kappa shape index (κ2) is 2.94. The highest BCUT2D eigenvalue weighted by Crippen LogP contribution is 2.36. The van der Waals surface area contributed by atoms with Crippen molar-refractivity contribution >= 4 is 17.2 Å². The zero-order valence-electron chi connectivity index (χ0n) is 7.26. The Morgan fingerprint density at radius 1 is 1.58 bits per heavy atom. The van der Waals surface area contributed by atoms with Crippen molar-refractivity contribution in [2.24, 2.45) is 0 Å². The summed E-state index contributed by atoms with van der Waals surface area (Å²) in [5.41, 5.74) is 0. The van der Waals surface area contributed by atoms with Crippen LogP contribution in [0.15, 0.2) is 0 Å². The molecule has 4 heteroatoms. The first-order valence-corrected chi connectivity index (χ1v) is 4.96. The van der Waals surface area contributed by atoms with E-state index < -0.39 is 0 Å². The molecule has 0 unspecified atom stereocenters. The van der Waals surface area contributed by atoms with E-state index in [1.165, 1.54) is 0 Å². The van der Waals surface area contributed by atoms with Gasteiger partial charge < -0.3 is 10.1 Å². The summed E-state index contributed by atoms with van der Waals surface area (Å²) in [4.78, 5) is 4.43. The third kappa shape index (κ3) is 1.27. The molecule has 0 aromatic carbocycles. The molecule has 0 spiro atoms. The van der Waals surface area contributed by atoms with Crippen molar-refractivity contribution in [1.29, 1.82) is 0 Å². The van der Waals surface area contributed by atoms with E-state index >= 15 is 0 Å². The average molecular weight is 184 g/mol. The van der Waals surface area contributed by atoms with E-state index in [1.807, 2.05) is 0 Å². The van der Waals surface area contributed by atoms with Gasteiger partial charge in [0.25, 0.3) is 0 Å². The zero-order valence-corrected chi connectivity index (χ0v) is 8.07. The van der Waals surface area contributed by atoms with Gasteiger partial charge in [-0.2, -0.15) is 0 Å². The minimum atomic E-state index is 0.492. The quantitative estimate of drug-likeness (QED) is 0.725. The van der Waals surface area contributed by atoms with Gasteiger partial charge in [-0.05, 0) is 0 Å². The second-order valence-electron chi connectivity index (χ2n) is 3.12. The predicted molar refractivity (Wildman–Crippen MR) is 50.2 cm³/mol. The summed E-state index contributed by atoms with van der Waals surface area (Å²) in [6.07, 6.45) is 0. The van der Waals surface area contributed by atoms with Crippen molar-refractivity contribution in [2.45, 2.75) is 19.8 Å². The summed E-state index contributed by atoms with van der Waals surface area (Å²) in [6.45, 7) is 5.91. The lowest BCUT2D eigenvalue weighted by Gasteiger charge is -2.12. The molecule has 12 heavy (non-hydrogen) atoms. The molecule has 1 aromatic heterocycles. The molecule has 2 rings (SSSR count). The molecule has 1 aliphatic heterocycles. The maximum absolute atomic E-state index is 5.45. The molecular formula is C8H12N2OS. The normalized spacial score (nSPS) is 15.2. The van der Waals surface area contributed by atoms with E-state index in [9.17, 15) is 0 Å². The van der Waals surface area contributed by atoms with Crippen molar-refractivity contribution < 1.29 is 4.74 Å². The number of thiazole rings is 1. The third-order valence-electron chi connectivity index (χ3n) is 1.73. The predicted octanol–water partition coefficient (Wildman–Crippen LogP) is 2.07. The highest BCUT2D eigenvalue weighted by Gasteiger charge is 2.17. The van der Waals surface area contributed by atoms with Crippen LogP contribution >= 0.6 is 11.3 Å². The SMILES string of the molecule is CC(C)c1nc2c(s1)OCCN2. The third-order valence-corrected chi connectivity index (χ3v) is 3.00. The number of nitrogens with zero attached hydrogens (tertiary/aromatic N) is 1. The molecule has 0 radical (unpaired) electrons. The van der Waals surface area contributed by atoms with Crippen LogP contribution in [0.5, 0.6) is 5.06 Å². The van der Waals surface area contributed by atoms with Crippen LogP contribution in [0.1, 0.15) is 24.8 Å². The smallest absolute Gasteiger partial charge is 0.219 e. The summed E-state index contributed by atoms with van der Waals surface area (Å²) in [7, 11) is 0. The summed E-state index contributed by atoms with van der Waals surface area (Å²) in [5.74, 6) is 1.42. The first kappa shape index (κ1) is 7.86. The Kier molecular flexibility index (Phi) is 1.92. The Morgan fingerprint density at radius 2 is 2.42 bits per heavy atom. The first-order chi connectivity index (χ1) is 5.77. The molecular weight excluding hydrogens is 172 g/mol. The monoisotopic (exact) mass is 184 g/mol. The molecule has 0 bridgehead atoms. The lowest BCUT2D eigenvalue weighted by molar-refractivity contribution is 0.332. The fourth-order valence-electron chi connectivity index (χ4n) is 1.09. The van der Waals surface area contributed by atoms with Crippen LogP contribution in [-0.2, 0) is 0 Å². The Bertz CT molecular complexity index is 259. The summed E-state index contributed by atoms with van der Waals surface area (Å²) >= 11 is 1.65. The maximum atomic E-state index is 5.45. The van der Waals surface area contributed by atoms with Gasteiger partial charge in [-0.3, -0.25) is 0 Å². The number of anilines is 1. The molecule has 3 nitrogen and oxygen atoms in total. The highest BCUT2D eigenvalue weighted by molar-refractivity contribution is 7.14. The van der Waals surface area contributed by atoms with Crippen LogP contribution in [0.4, 0.5) is 5.82 Å². The van der Waals surface area contributed by atoms with Crippen molar-refractivity contribution in [3.05, 3.63) is 5.01 Å². The summed E-state index contributed by atoms with van der Waals surface area (Å²) in [5, 5.41) is 5.31. The first-order valence-electron chi connectivity index (χ1n) is 4.15. The van der Waals surface area contributed by atoms with E-state index in [0.29, 0.717) is 5.92 Å². The second-order valence-corrected chi connectivity index (χ2v) is 4.11. The largest absolute Gasteiger partial charge is 0.479 e.